The van der Waals surface area contributed by atoms with E-state index in [4.69, 9.17) is 44.3 Å². The average Bonchev–Trinajstić information content (AvgIpc) is 2.76. The Kier molecular flexibility index (Phi) is 8.88. The van der Waals surface area contributed by atoms with Gasteiger partial charge in [-0.15, -0.1) is 0 Å². The summed E-state index contributed by atoms with van der Waals surface area (Å²) < 4.78 is 11.7. The van der Waals surface area contributed by atoms with Crippen LogP contribution in [-0.4, -0.2) is 18.3 Å². The number of hydrogen-bond acceptors (Lipinski definition) is 4. The lowest BCUT2D eigenvalue weighted by molar-refractivity contribution is 0.174. The molecule has 4 nitrogen and oxygen atoms in total. The van der Waals surface area contributed by atoms with E-state index in [0.717, 1.165) is 11.1 Å². The minimum Gasteiger partial charge on any atom is -0.490 e. The number of benzene rings is 3. The standard InChI is InChI=1S/C24H24Cl3NO3/c1-2-30-23-11-17(13-28-14-22(29)16-7-4-3-5-8-16)21(27)12-24(23)31-15-18-19(25)9-6-10-20(18)26/h3-12,22,28-29H,2,13-15H2,1H3. The van der Waals surface area contributed by atoms with Gasteiger partial charge >= 0.3 is 0 Å². The molecule has 0 spiro atoms. The summed E-state index contributed by atoms with van der Waals surface area (Å²) in [6.45, 7) is 3.44. The molecule has 0 amide bonds. The number of halogens is 3. The van der Waals surface area contributed by atoms with E-state index in [-0.39, 0.29) is 6.61 Å². The normalized spacial score (nSPS) is 11.9. The maximum Gasteiger partial charge on any atom is 0.163 e. The fourth-order valence-corrected chi connectivity index (χ4v) is 3.78. The Morgan fingerprint density at radius 1 is 0.871 bits per heavy atom. The first-order valence-corrected chi connectivity index (χ1v) is 11.1. The third-order valence-corrected chi connectivity index (χ3v) is 5.74. The van der Waals surface area contributed by atoms with Crippen LogP contribution < -0.4 is 14.8 Å². The highest BCUT2D eigenvalue weighted by Gasteiger charge is 2.14. The summed E-state index contributed by atoms with van der Waals surface area (Å²) in [5, 5.41) is 15.2. The monoisotopic (exact) mass is 479 g/mol. The number of nitrogens with one attached hydrogen (secondary N) is 1. The Morgan fingerprint density at radius 2 is 1.55 bits per heavy atom. The highest BCUT2D eigenvalue weighted by atomic mass is 35.5. The second-order valence-electron chi connectivity index (χ2n) is 6.87. The molecule has 0 aromatic heterocycles. The molecule has 7 heteroatoms. The average molecular weight is 481 g/mol. The van der Waals surface area contributed by atoms with E-state index >= 15 is 0 Å². The van der Waals surface area contributed by atoms with Crippen LogP contribution in [0, 0.1) is 0 Å². The van der Waals surface area contributed by atoms with Crippen molar-refractivity contribution in [2.24, 2.45) is 0 Å². The summed E-state index contributed by atoms with van der Waals surface area (Å²) >= 11 is 18.9. The van der Waals surface area contributed by atoms with E-state index in [1.165, 1.54) is 0 Å². The van der Waals surface area contributed by atoms with Gasteiger partial charge in [0.2, 0.25) is 0 Å². The van der Waals surface area contributed by atoms with Gasteiger partial charge in [0.1, 0.15) is 6.61 Å². The Labute approximate surface area is 197 Å². The molecule has 164 valence electrons. The summed E-state index contributed by atoms with van der Waals surface area (Å²) in [6, 6.07) is 18.4. The van der Waals surface area contributed by atoms with Crippen LogP contribution in [0.25, 0.3) is 0 Å². The molecular formula is C24H24Cl3NO3. The van der Waals surface area contributed by atoms with E-state index in [1.807, 2.05) is 43.3 Å². The minimum atomic E-state index is -0.602. The van der Waals surface area contributed by atoms with Gasteiger partial charge in [-0.25, -0.2) is 0 Å². The molecule has 0 saturated heterocycles. The van der Waals surface area contributed by atoms with Crippen molar-refractivity contribution in [2.45, 2.75) is 26.2 Å². The Bertz CT molecular complexity index is 979. The lowest BCUT2D eigenvalue weighted by Crippen LogP contribution is -2.21. The molecule has 0 aliphatic carbocycles. The van der Waals surface area contributed by atoms with Crippen molar-refractivity contribution < 1.29 is 14.6 Å². The molecule has 0 radical (unpaired) electrons. The highest BCUT2D eigenvalue weighted by molar-refractivity contribution is 6.36. The maximum atomic E-state index is 10.3. The van der Waals surface area contributed by atoms with Crippen molar-refractivity contribution in [1.82, 2.24) is 5.32 Å². The van der Waals surface area contributed by atoms with Gasteiger partial charge in [-0.05, 0) is 36.2 Å². The van der Waals surface area contributed by atoms with Crippen LogP contribution in [0.3, 0.4) is 0 Å². The molecule has 1 unspecified atom stereocenters. The van der Waals surface area contributed by atoms with Gasteiger partial charge in [-0.2, -0.15) is 0 Å². The Balaban J connectivity index is 1.68. The quantitative estimate of drug-likeness (QED) is 0.350. The van der Waals surface area contributed by atoms with E-state index < -0.39 is 6.10 Å². The number of aliphatic hydroxyl groups excluding tert-OH is 1. The largest absolute Gasteiger partial charge is 0.490 e. The molecule has 0 aliphatic rings. The summed E-state index contributed by atoms with van der Waals surface area (Å²) in [7, 11) is 0. The van der Waals surface area contributed by atoms with Crippen LogP contribution in [0.5, 0.6) is 11.5 Å². The third-order valence-electron chi connectivity index (χ3n) is 4.68. The van der Waals surface area contributed by atoms with Crippen molar-refractivity contribution in [3.05, 3.63) is 92.4 Å². The van der Waals surface area contributed by atoms with E-state index in [0.29, 0.717) is 51.8 Å². The lowest BCUT2D eigenvalue weighted by atomic mass is 10.1. The molecule has 31 heavy (non-hydrogen) atoms. The Hall–Kier alpha value is -1.95. The van der Waals surface area contributed by atoms with Gasteiger partial charge in [-0.1, -0.05) is 71.2 Å². The molecule has 3 rings (SSSR count). The molecule has 1 atom stereocenters. The molecule has 0 fully saturated rings. The highest BCUT2D eigenvalue weighted by Crippen LogP contribution is 2.35. The SMILES string of the molecule is CCOc1cc(CNCC(O)c2ccccc2)c(Cl)cc1OCc1c(Cl)cccc1Cl. The first kappa shape index (κ1) is 23.7. The second-order valence-corrected chi connectivity index (χ2v) is 8.09. The zero-order valence-electron chi connectivity index (χ0n) is 17.1. The second kappa shape index (κ2) is 11.6. The summed E-state index contributed by atoms with van der Waals surface area (Å²) in [6.07, 6.45) is -0.602. The molecular weight excluding hydrogens is 457 g/mol. The van der Waals surface area contributed by atoms with E-state index in [9.17, 15) is 5.11 Å². The molecule has 0 aliphatic heterocycles. The fraction of sp³-hybridized carbons (Fsp3) is 0.250. The predicted octanol–water partition coefficient (Wildman–Crippen LogP) is 6.45. The molecule has 2 N–H and O–H groups in total. The van der Waals surface area contributed by atoms with Crippen molar-refractivity contribution in [3.8, 4) is 11.5 Å². The molecule has 3 aromatic carbocycles. The van der Waals surface area contributed by atoms with Gasteiger partial charge in [0.05, 0.1) is 12.7 Å². The third kappa shape index (κ3) is 6.52. The van der Waals surface area contributed by atoms with Gasteiger partial charge < -0.3 is 19.9 Å². The smallest absolute Gasteiger partial charge is 0.163 e. The zero-order valence-corrected chi connectivity index (χ0v) is 19.3. The van der Waals surface area contributed by atoms with Crippen molar-refractivity contribution in [2.75, 3.05) is 13.2 Å². The molecule has 0 bridgehead atoms. The number of rotatable bonds is 10. The molecule has 0 heterocycles. The maximum absolute atomic E-state index is 10.3. The van der Waals surface area contributed by atoms with Gasteiger partial charge in [0.15, 0.2) is 11.5 Å². The van der Waals surface area contributed by atoms with Gasteiger partial charge in [0, 0.05) is 39.8 Å². The summed E-state index contributed by atoms with van der Waals surface area (Å²) in [5.74, 6) is 1.09. The van der Waals surface area contributed by atoms with Crippen LogP contribution in [0.1, 0.15) is 29.7 Å². The topological polar surface area (TPSA) is 50.7 Å². The van der Waals surface area contributed by atoms with Gasteiger partial charge in [-0.3, -0.25) is 0 Å². The van der Waals surface area contributed by atoms with Crippen molar-refractivity contribution in [3.63, 3.8) is 0 Å². The fourth-order valence-electron chi connectivity index (χ4n) is 3.05. The molecule has 3 aromatic rings. The van der Waals surface area contributed by atoms with E-state index in [1.54, 1.807) is 24.3 Å². The zero-order chi connectivity index (χ0) is 22.2. The van der Waals surface area contributed by atoms with E-state index in [2.05, 4.69) is 5.32 Å². The van der Waals surface area contributed by atoms with Gasteiger partial charge in [0.25, 0.3) is 0 Å². The first-order chi connectivity index (χ1) is 15.0. The lowest BCUT2D eigenvalue weighted by Gasteiger charge is -2.17. The van der Waals surface area contributed by atoms with Crippen LogP contribution in [0.2, 0.25) is 15.1 Å². The van der Waals surface area contributed by atoms with Crippen LogP contribution in [0.4, 0.5) is 0 Å². The Morgan fingerprint density at radius 3 is 2.23 bits per heavy atom. The van der Waals surface area contributed by atoms with Crippen LogP contribution in [0.15, 0.2) is 60.7 Å². The first-order valence-electron chi connectivity index (χ1n) is 9.94. The number of aliphatic hydroxyl groups is 1. The molecule has 0 saturated carbocycles. The number of ether oxygens (including phenoxy) is 2. The minimum absolute atomic E-state index is 0.190. The van der Waals surface area contributed by atoms with Crippen molar-refractivity contribution in [1.29, 1.82) is 0 Å². The predicted molar refractivity (Wildman–Crippen MR) is 127 cm³/mol. The summed E-state index contributed by atoms with van der Waals surface area (Å²) in [5.41, 5.74) is 2.40. The summed E-state index contributed by atoms with van der Waals surface area (Å²) in [4.78, 5) is 0. The van der Waals surface area contributed by atoms with Crippen LogP contribution >= 0.6 is 34.8 Å². The number of hydrogen-bond donors (Lipinski definition) is 2. The van der Waals surface area contributed by atoms with Crippen LogP contribution in [-0.2, 0) is 13.2 Å². The van der Waals surface area contributed by atoms with Crippen molar-refractivity contribution >= 4 is 34.8 Å².